The van der Waals surface area contributed by atoms with Gasteiger partial charge in [-0.15, -0.1) is 0 Å². The maximum atomic E-state index is 12.6. The Kier molecular flexibility index (Phi) is 5.71. The van der Waals surface area contributed by atoms with Crippen molar-refractivity contribution in [3.8, 4) is 0 Å². The normalized spacial score (nSPS) is 11.5. The lowest BCUT2D eigenvalue weighted by Crippen LogP contribution is -2.14. The number of sulfonamides is 1. The molecule has 1 N–H and O–H groups in total. The Morgan fingerprint density at radius 2 is 1.82 bits per heavy atom. The van der Waals surface area contributed by atoms with Crippen LogP contribution in [0.3, 0.4) is 0 Å². The van der Waals surface area contributed by atoms with Gasteiger partial charge in [0, 0.05) is 12.5 Å². The second-order valence-electron chi connectivity index (χ2n) is 6.24. The molecular weight excluding hydrogens is 382 g/mol. The van der Waals surface area contributed by atoms with E-state index in [4.69, 9.17) is 13.9 Å². The van der Waals surface area contributed by atoms with Crippen LogP contribution in [0, 0.1) is 13.8 Å². The summed E-state index contributed by atoms with van der Waals surface area (Å²) in [6, 6.07) is 11.3. The fraction of sp³-hybridized carbons (Fsp3) is 0.250. The predicted octanol–water partition coefficient (Wildman–Crippen LogP) is 3.65. The molecule has 3 aromatic rings. The van der Waals surface area contributed by atoms with E-state index in [2.05, 4.69) is 4.72 Å². The Balaban J connectivity index is 1.99. The summed E-state index contributed by atoms with van der Waals surface area (Å²) in [5.41, 5.74) is 1.78. The number of carbonyl (C=O) groups excluding carboxylic acids is 1. The van der Waals surface area contributed by atoms with Crippen molar-refractivity contribution < 1.29 is 27.1 Å². The molecule has 0 aliphatic rings. The molecule has 0 fully saturated rings. The first-order valence-electron chi connectivity index (χ1n) is 8.61. The van der Waals surface area contributed by atoms with Gasteiger partial charge in [-0.3, -0.25) is 4.72 Å². The minimum Gasteiger partial charge on any atom is -0.460 e. The van der Waals surface area contributed by atoms with E-state index in [1.165, 1.54) is 19.2 Å². The fourth-order valence-corrected chi connectivity index (χ4v) is 3.97. The van der Waals surface area contributed by atoms with Crippen molar-refractivity contribution >= 4 is 32.6 Å². The first-order valence-corrected chi connectivity index (χ1v) is 10.1. The fourth-order valence-electron chi connectivity index (χ4n) is 2.82. The van der Waals surface area contributed by atoms with Gasteiger partial charge in [0.25, 0.3) is 10.0 Å². The Labute approximate surface area is 163 Å². The maximum absolute atomic E-state index is 12.6. The van der Waals surface area contributed by atoms with Crippen LogP contribution in [0.15, 0.2) is 51.8 Å². The average Bonchev–Trinajstić information content (AvgIpc) is 2.97. The summed E-state index contributed by atoms with van der Waals surface area (Å²) >= 11 is 0. The SMILES string of the molecule is COCCOC(=O)c1c(C)oc2cc(C)c(NS(=O)(=O)c3ccccc3)cc12. The number of hydrogen-bond acceptors (Lipinski definition) is 6. The predicted molar refractivity (Wildman–Crippen MR) is 105 cm³/mol. The number of furan rings is 1. The number of rotatable bonds is 7. The van der Waals surface area contributed by atoms with Crippen molar-refractivity contribution in [2.45, 2.75) is 18.7 Å². The number of carbonyl (C=O) groups is 1. The van der Waals surface area contributed by atoms with Gasteiger partial charge >= 0.3 is 5.97 Å². The van der Waals surface area contributed by atoms with Crippen LogP contribution in [0.2, 0.25) is 0 Å². The van der Waals surface area contributed by atoms with Gasteiger partial charge in [0.15, 0.2) is 0 Å². The molecule has 0 aliphatic carbocycles. The number of benzene rings is 2. The monoisotopic (exact) mass is 403 g/mol. The lowest BCUT2D eigenvalue weighted by atomic mass is 10.1. The Morgan fingerprint density at radius 1 is 1.11 bits per heavy atom. The van der Waals surface area contributed by atoms with Crippen LogP contribution in [-0.2, 0) is 19.5 Å². The van der Waals surface area contributed by atoms with Gasteiger partial charge in [-0.2, -0.15) is 0 Å². The summed E-state index contributed by atoms with van der Waals surface area (Å²) < 4.78 is 43.6. The molecule has 2 aromatic carbocycles. The highest BCUT2D eigenvalue weighted by atomic mass is 32.2. The minimum atomic E-state index is -3.76. The molecule has 7 nitrogen and oxygen atoms in total. The van der Waals surface area contributed by atoms with E-state index in [0.717, 1.165) is 0 Å². The number of hydrogen-bond donors (Lipinski definition) is 1. The lowest BCUT2D eigenvalue weighted by molar-refractivity contribution is 0.0388. The first-order chi connectivity index (χ1) is 13.3. The molecule has 8 heteroatoms. The van der Waals surface area contributed by atoms with Crippen LogP contribution in [0.4, 0.5) is 5.69 Å². The van der Waals surface area contributed by atoms with Crippen LogP contribution >= 0.6 is 0 Å². The number of aryl methyl sites for hydroxylation is 2. The van der Waals surface area contributed by atoms with Crippen molar-refractivity contribution in [1.82, 2.24) is 0 Å². The van der Waals surface area contributed by atoms with Crippen molar-refractivity contribution in [3.05, 3.63) is 59.4 Å². The molecule has 28 heavy (non-hydrogen) atoms. The molecule has 1 heterocycles. The number of nitrogens with one attached hydrogen (secondary N) is 1. The van der Waals surface area contributed by atoms with E-state index in [9.17, 15) is 13.2 Å². The molecule has 3 rings (SSSR count). The number of fused-ring (bicyclic) bond motifs is 1. The zero-order chi connectivity index (χ0) is 20.3. The first kappa shape index (κ1) is 19.9. The zero-order valence-electron chi connectivity index (χ0n) is 15.8. The third-order valence-electron chi connectivity index (χ3n) is 4.23. The van der Waals surface area contributed by atoms with Gasteiger partial charge < -0.3 is 13.9 Å². The second kappa shape index (κ2) is 8.04. The summed E-state index contributed by atoms with van der Waals surface area (Å²) in [6.45, 7) is 3.81. The van der Waals surface area contributed by atoms with E-state index in [1.54, 1.807) is 44.2 Å². The topological polar surface area (TPSA) is 94.8 Å². The standard InChI is InChI=1S/C20H21NO6S/c1-13-11-18-16(19(14(2)27-18)20(22)26-10-9-25-3)12-17(13)21-28(23,24)15-7-5-4-6-8-15/h4-8,11-12,21H,9-10H2,1-3H3. The minimum absolute atomic E-state index is 0.112. The molecule has 0 aliphatic heterocycles. The summed E-state index contributed by atoms with van der Waals surface area (Å²) in [5.74, 6) is -0.145. The van der Waals surface area contributed by atoms with Crippen LogP contribution in [0.1, 0.15) is 21.7 Å². The zero-order valence-corrected chi connectivity index (χ0v) is 16.6. The van der Waals surface area contributed by atoms with Crippen LogP contribution in [0.25, 0.3) is 11.0 Å². The molecule has 0 amide bonds. The van der Waals surface area contributed by atoms with Crippen molar-refractivity contribution in [2.24, 2.45) is 0 Å². The third kappa shape index (κ3) is 4.02. The quantitative estimate of drug-likeness (QED) is 0.478. The maximum Gasteiger partial charge on any atom is 0.342 e. The summed E-state index contributed by atoms with van der Waals surface area (Å²) in [5, 5.41) is 0.483. The van der Waals surface area contributed by atoms with Crippen LogP contribution in [-0.4, -0.2) is 34.7 Å². The molecule has 0 bridgehead atoms. The average molecular weight is 403 g/mol. The highest BCUT2D eigenvalue weighted by Crippen LogP contribution is 2.32. The molecule has 1 aromatic heterocycles. The summed E-state index contributed by atoms with van der Waals surface area (Å²) in [6.07, 6.45) is 0. The van der Waals surface area contributed by atoms with E-state index in [1.807, 2.05) is 0 Å². The highest BCUT2D eigenvalue weighted by molar-refractivity contribution is 7.92. The van der Waals surface area contributed by atoms with Crippen LogP contribution < -0.4 is 4.72 Å². The van der Waals surface area contributed by atoms with Gasteiger partial charge in [-0.1, -0.05) is 18.2 Å². The summed E-state index contributed by atoms with van der Waals surface area (Å²) in [7, 11) is -2.25. The number of esters is 1. The lowest BCUT2D eigenvalue weighted by Gasteiger charge is -2.11. The molecule has 0 radical (unpaired) electrons. The molecule has 0 saturated carbocycles. The van der Waals surface area contributed by atoms with Gasteiger partial charge in [0.1, 0.15) is 23.5 Å². The van der Waals surface area contributed by atoms with Crippen molar-refractivity contribution in [3.63, 3.8) is 0 Å². The van der Waals surface area contributed by atoms with Gasteiger partial charge in [-0.25, -0.2) is 13.2 Å². The molecule has 148 valence electrons. The molecule has 0 unspecified atom stereocenters. The summed E-state index contributed by atoms with van der Waals surface area (Å²) in [4.78, 5) is 12.6. The van der Waals surface area contributed by atoms with Crippen molar-refractivity contribution in [1.29, 1.82) is 0 Å². The number of anilines is 1. The van der Waals surface area contributed by atoms with Gasteiger partial charge in [-0.05, 0) is 43.7 Å². The van der Waals surface area contributed by atoms with Crippen molar-refractivity contribution in [2.75, 3.05) is 25.0 Å². The second-order valence-corrected chi connectivity index (χ2v) is 7.93. The number of methoxy groups -OCH3 is 1. The molecule has 0 atom stereocenters. The van der Waals surface area contributed by atoms with Crippen LogP contribution in [0.5, 0.6) is 0 Å². The molecule has 0 spiro atoms. The smallest absolute Gasteiger partial charge is 0.342 e. The largest absolute Gasteiger partial charge is 0.460 e. The Hall–Kier alpha value is -2.84. The molecular formula is C20H21NO6S. The van der Waals surface area contributed by atoms with E-state index < -0.39 is 16.0 Å². The Bertz CT molecular complexity index is 1100. The van der Waals surface area contributed by atoms with Gasteiger partial charge in [0.2, 0.25) is 0 Å². The van der Waals surface area contributed by atoms with Gasteiger partial charge in [0.05, 0.1) is 17.2 Å². The number of ether oxygens (including phenoxy) is 2. The van der Waals surface area contributed by atoms with E-state index in [0.29, 0.717) is 28.0 Å². The van der Waals surface area contributed by atoms with E-state index >= 15 is 0 Å². The molecule has 0 saturated heterocycles. The highest BCUT2D eigenvalue weighted by Gasteiger charge is 2.22. The van der Waals surface area contributed by atoms with E-state index in [-0.39, 0.29) is 23.7 Å². The third-order valence-corrected chi connectivity index (χ3v) is 5.61. The Morgan fingerprint density at radius 3 is 2.50 bits per heavy atom.